The molecule has 0 unspecified atom stereocenters. The summed E-state index contributed by atoms with van der Waals surface area (Å²) in [5.41, 5.74) is 0.851. The first-order valence-electron chi connectivity index (χ1n) is 6.40. The van der Waals surface area contributed by atoms with Crippen LogP contribution in [0.4, 0.5) is 5.69 Å². The summed E-state index contributed by atoms with van der Waals surface area (Å²) in [7, 11) is 2.10. The molecule has 2 rings (SSSR count). The van der Waals surface area contributed by atoms with Gasteiger partial charge in [-0.15, -0.1) is 0 Å². The molecule has 0 aliphatic carbocycles. The van der Waals surface area contributed by atoms with E-state index in [1.54, 1.807) is 12.1 Å². The summed E-state index contributed by atoms with van der Waals surface area (Å²) in [6.45, 7) is 4.56. The lowest BCUT2D eigenvalue weighted by Gasteiger charge is -2.20. The molecule has 104 valence electrons. The Morgan fingerprint density at radius 2 is 2.11 bits per heavy atom. The first-order chi connectivity index (χ1) is 9.06. The van der Waals surface area contributed by atoms with Crippen LogP contribution in [0.5, 0.6) is 0 Å². The largest absolute Gasteiger partial charge is 0.305 e. The zero-order chi connectivity index (χ0) is 13.8. The zero-order valence-corrected chi connectivity index (χ0v) is 11.8. The van der Waals surface area contributed by atoms with E-state index in [4.69, 9.17) is 11.6 Å². The van der Waals surface area contributed by atoms with Crippen molar-refractivity contribution in [1.82, 2.24) is 9.80 Å². The highest BCUT2D eigenvalue weighted by molar-refractivity contribution is 6.30. The molecule has 0 N–H and O–H groups in total. The summed E-state index contributed by atoms with van der Waals surface area (Å²) in [5, 5.41) is 11.6. The van der Waals surface area contributed by atoms with Crippen molar-refractivity contribution < 1.29 is 4.92 Å². The van der Waals surface area contributed by atoms with Crippen molar-refractivity contribution in [2.24, 2.45) is 0 Å². The van der Waals surface area contributed by atoms with E-state index in [0.717, 1.165) is 32.6 Å². The molecule has 1 aliphatic heterocycles. The van der Waals surface area contributed by atoms with E-state index in [0.29, 0.717) is 17.1 Å². The SMILES string of the molecule is CN1CCCN(Cc2cc(Cl)ccc2[N+](=O)[O-])CC1. The smallest absolute Gasteiger partial charge is 0.273 e. The summed E-state index contributed by atoms with van der Waals surface area (Å²) in [4.78, 5) is 15.2. The molecule has 1 fully saturated rings. The molecule has 0 spiro atoms. The Kier molecular flexibility index (Phi) is 4.74. The minimum Gasteiger partial charge on any atom is -0.305 e. The Morgan fingerprint density at radius 1 is 1.32 bits per heavy atom. The summed E-state index contributed by atoms with van der Waals surface area (Å²) >= 11 is 5.95. The molecule has 1 saturated heterocycles. The summed E-state index contributed by atoms with van der Waals surface area (Å²) < 4.78 is 0. The molecule has 0 aromatic heterocycles. The van der Waals surface area contributed by atoms with E-state index in [9.17, 15) is 10.1 Å². The minimum absolute atomic E-state index is 0.155. The summed E-state index contributed by atoms with van der Waals surface area (Å²) in [5.74, 6) is 0. The second kappa shape index (κ2) is 6.32. The number of benzene rings is 1. The van der Waals surface area contributed by atoms with Crippen LogP contribution in [0.1, 0.15) is 12.0 Å². The van der Waals surface area contributed by atoms with Gasteiger partial charge in [0.1, 0.15) is 0 Å². The fourth-order valence-electron chi connectivity index (χ4n) is 2.36. The van der Waals surface area contributed by atoms with Crippen LogP contribution in [0.25, 0.3) is 0 Å². The molecule has 1 aromatic rings. The number of nitrogens with zero attached hydrogens (tertiary/aromatic N) is 3. The van der Waals surface area contributed by atoms with E-state index >= 15 is 0 Å². The second-order valence-electron chi connectivity index (χ2n) is 4.96. The molecule has 19 heavy (non-hydrogen) atoms. The number of halogens is 1. The lowest BCUT2D eigenvalue weighted by atomic mass is 10.1. The van der Waals surface area contributed by atoms with Crippen LogP contribution in [0.2, 0.25) is 5.02 Å². The molecular weight excluding hydrogens is 266 g/mol. The standard InChI is InChI=1S/C13H18ClN3O2/c1-15-5-2-6-16(8-7-15)10-11-9-12(14)3-4-13(11)17(18)19/h3-4,9H,2,5-8,10H2,1H3. The molecule has 1 aliphatic rings. The van der Waals surface area contributed by atoms with Crippen molar-refractivity contribution in [1.29, 1.82) is 0 Å². The van der Waals surface area contributed by atoms with Gasteiger partial charge in [0, 0.05) is 36.3 Å². The van der Waals surface area contributed by atoms with Gasteiger partial charge in [-0.05, 0) is 38.7 Å². The van der Waals surface area contributed by atoms with Crippen molar-refractivity contribution in [2.75, 3.05) is 33.2 Å². The molecule has 0 atom stereocenters. The lowest BCUT2D eigenvalue weighted by molar-refractivity contribution is -0.385. The van der Waals surface area contributed by atoms with Gasteiger partial charge in [0.2, 0.25) is 0 Å². The van der Waals surface area contributed by atoms with Crippen molar-refractivity contribution >= 4 is 17.3 Å². The number of hydrogen-bond acceptors (Lipinski definition) is 4. The maximum atomic E-state index is 11.0. The van der Waals surface area contributed by atoms with Gasteiger partial charge in [0.15, 0.2) is 0 Å². The fraction of sp³-hybridized carbons (Fsp3) is 0.538. The number of nitro benzene ring substituents is 1. The Bertz CT molecular complexity index is 467. The van der Waals surface area contributed by atoms with Gasteiger partial charge in [0.25, 0.3) is 5.69 Å². The average molecular weight is 284 g/mol. The first kappa shape index (κ1) is 14.2. The third-order valence-electron chi connectivity index (χ3n) is 3.44. The number of nitro groups is 1. The van der Waals surface area contributed by atoms with Crippen molar-refractivity contribution in [3.63, 3.8) is 0 Å². The van der Waals surface area contributed by atoms with Crippen LogP contribution in [0.3, 0.4) is 0 Å². The van der Waals surface area contributed by atoms with Gasteiger partial charge >= 0.3 is 0 Å². The highest BCUT2D eigenvalue weighted by atomic mass is 35.5. The lowest BCUT2D eigenvalue weighted by Crippen LogP contribution is -2.28. The molecule has 5 nitrogen and oxygen atoms in total. The van der Waals surface area contributed by atoms with Crippen LogP contribution < -0.4 is 0 Å². The molecule has 1 aromatic carbocycles. The zero-order valence-electron chi connectivity index (χ0n) is 11.0. The highest BCUT2D eigenvalue weighted by Crippen LogP contribution is 2.24. The van der Waals surface area contributed by atoms with Crippen molar-refractivity contribution in [3.8, 4) is 0 Å². The molecular formula is C13H18ClN3O2. The predicted molar refractivity (Wildman–Crippen MR) is 75.5 cm³/mol. The van der Waals surface area contributed by atoms with Gasteiger partial charge in [-0.25, -0.2) is 0 Å². The van der Waals surface area contributed by atoms with E-state index in [1.165, 1.54) is 6.07 Å². The number of rotatable bonds is 3. The van der Waals surface area contributed by atoms with Gasteiger partial charge < -0.3 is 4.90 Å². The van der Waals surface area contributed by atoms with Crippen LogP contribution in [-0.4, -0.2) is 47.9 Å². The summed E-state index contributed by atoms with van der Waals surface area (Å²) in [6.07, 6.45) is 1.09. The van der Waals surface area contributed by atoms with E-state index in [-0.39, 0.29) is 10.6 Å². The van der Waals surface area contributed by atoms with E-state index in [1.807, 2.05) is 0 Å². The average Bonchev–Trinajstić information content (AvgIpc) is 2.54. The topological polar surface area (TPSA) is 49.6 Å². The first-order valence-corrected chi connectivity index (χ1v) is 6.78. The Balaban J connectivity index is 2.13. The van der Waals surface area contributed by atoms with Crippen LogP contribution in [-0.2, 0) is 6.54 Å². The number of likely N-dealkylation sites (N-methyl/N-ethyl adjacent to an activating group) is 1. The van der Waals surface area contributed by atoms with Gasteiger partial charge in [0.05, 0.1) is 4.92 Å². The second-order valence-corrected chi connectivity index (χ2v) is 5.40. The van der Waals surface area contributed by atoms with Crippen LogP contribution in [0, 0.1) is 10.1 Å². The third kappa shape index (κ3) is 3.89. The van der Waals surface area contributed by atoms with E-state index < -0.39 is 0 Å². The third-order valence-corrected chi connectivity index (χ3v) is 3.68. The normalized spacial score (nSPS) is 18.2. The monoisotopic (exact) mass is 283 g/mol. The fourth-order valence-corrected chi connectivity index (χ4v) is 2.55. The quantitative estimate of drug-likeness (QED) is 0.631. The minimum atomic E-state index is -0.338. The molecule has 0 radical (unpaired) electrons. The van der Waals surface area contributed by atoms with E-state index in [2.05, 4.69) is 16.8 Å². The maximum absolute atomic E-state index is 11.0. The molecule has 6 heteroatoms. The van der Waals surface area contributed by atoms with Gasteiger partial charge in [-0.2, -0.15) is 0 Å². The molecule has 1 heterocycles. The van der Waals surface area contributed by atoms with Crippen LogP contribution >= 0.6 is 11.6 Å². The van der Waals surface area contributed by atoms with Gasteiger partial charge in [-0.3, -0.25) is 15.0 Å². The molecule has 0 amide bonds. The van der Waals surface area contributed by atoms with Crippen molar-refractivity contribution in [3.05, 3.63) is 38.9 Å². The predicted octanol–water partition coefficient (Wildman–Crippen LogP) is 2.39. The maximum Gasteiger partial charge on any atom is 0.273 e. The molecule has 0 saturated carbocycles. The Morgan fingerprint density at radius 3 is 2.84 bits per heavy atom. The number of hydrogen-bond donors (Lipinski definition) is 0. The summed E-state index contributed by atoms with van der Waals surface area (Å²) in [6, 6.07) is 4.76. The molecule has 0 bridgehead atoms. The Labute approximate surface area is 117 Å². The van der Waals surface area contributed by atoms with Crippen LogP contribution in [0.15, 0.2) is 18.2 Å². The van der Waals surface area contributed by atoms with Gasteiger partial charge in [-0.1, -0.05) is 11.6 Å². The Hall–Kier alpha value is -1.17. The highest BCUT2D eigenvalue weighted by Gasteiger charge is 2.18. The van der Waals surface area contributed by atoms with Crippen molar-refractivity contribution in [2.45, 2.75) is 13.0 Å².